The van der Waals surface area contributed by atoms with E-state index in [0.717, 1.165) is 18.7 Å². The molecule has 3 rings (SSSR count). The van der Waals surface area contributed by atoms with Crippen molar-refractivity contribution in [2.45, 2.75) is 25.2 Å². The van der Waals surface area contributed by atoms with Gasteiger partial charge in [0.15, 0.2) is 0 Å². The molecule has 0 bridgehead atoms. The molecule has 1 aliphatic carbocycles. The smallest absolute Gasteiger partial charge is 0.119 e. The Kier molecular flexibility index (Phi) is 2.56. The summed E-state index contributed by atoms with van der Waals surface area (Å²) in [6, 6.07) is 6.22. The largest absolute Gasteiger partial charge is 0.497 e. The van der Waals surface area contributed by atoms with Gasteiger partial charge < -0.3 is 15.5 Å². The number of aromatic amines is 1. The van der Waals surface area contributed by atoms with E-state index in [2.05, 4.69) is 17.1 Å². The summed E-state index contributed by atoms with van der Waals surface area (Å²) in [7, 11) is 1.71. The number of hydrogen-bond donors (Lipinski definition) is 2. The molecule has 3 heteroatoms. The van der Waals surface area contributed by atoms with Gasteiger partial charge in [-0.3, -0.25) is 0 Å². The molecule has 3 N–H and O–H groups in total. The van der Waals surface area contributed by atoms with Gasteiger partial charge in [0, 0.05) is 16.6 Å². The molecule has 90 valence electrons. The zero-order chi connectivity index (χ0) is 11.8. The van der Waals surface area contributed by atoms with E-state index in [1.165, 1.54) is 35.0 Å². The summed E-state index contributed by atoms with van der Waals surface area (Å²) in [6.45, 7) is 0.733. The first-order chi connectivity index (χ1) is 8.33. The van der Waals surface area contributed by atoms with E-state index in [-0.39, 0.29) is 0 Å². The first-order valence-electron chi connectivity index (χ1n) is 6.22. The van der Waals surface area contributed by atoms with E-state index >= 15 is 0 Å². The van der Waals surface area contributed by atoms with Crippen LogP contribution in [0.3, 0.4) is 0 Å². The SMILES string of the molecule is COc1ccc2[nH]c3c(c2c1)C(CN)CCC3. The lowest BCUT2D eigenvalue weighted by atomic mass is 9.85. The normalized spacial score (nSPS) is 19.3. The zero-order valence-corrected chi connectivity index (χ0v) is 10.1. The summed E-state index contributed by atoms with van der Waals surface area (Å²) < 4.78 is 5.31. The first kappa shape index (κ1) is 10.7. The minimum absolute atomic E-state index is 0.500. The summed E-state index contributed by atoms with van der Waals surface area (Å²) >= 11 is 0. The molecule has 1 atom stereocenters. The molecular formula is C14H18N2O. The lowest BCUT2D eigenvalue weighted by Crippen LogP contribution is -2.17. The number of benzene rings is 1. The molecule has 0 amide bonds. The van der Waals surface area contributed by atoms with Crippen LogP contribution in [0.2, 0.25) is 0 Å². The van der Waals surface area contributed by atoms with Gasteiger partial charge in [0.1, 0.15) is 5.75 Å². The van der Waals surface area contributed by atoms with Crippen molar-refractivity contribution in [1.82, 2.24) is 4.98 Å². The Morgan fingerprint density at radius 1 is 1.47 bits per heavy atom. The lowest BCUT2D eigenvalue weighted by Gasteiger charge is -2.21. The highest BCUT2D eigenvalue weighted by Gasteiger charge is 2.23. The van der Waals surface area contributed by atoms with E-state index in [1.54, 1.807) is 7.11 Å². The van der Waals surface area contributed by atoms with Gasteiger partial charge in [0.25, 0.3) is 0 Å². The molecule has 0 saturated carbocycles. The van der Waals surface area contributed by atoms with Gasteiger partial charge in [-0.05, 0) is 55.5 Å². The molecule has 0 fully saturated rings. The number of nitrogens with two attached hydrogens (primary N) is 1. The van der Waals surface area contributed by atoms with Gasteiger partial charge in [-0.1, -0.05) is 0 Å². The molecule has 0 spiro atoms. The number of nitrogens with one attached hydrogen (secondary N) is 1. The Hall–Kier alpha value is -1.48. The van der Waals surface area contributed by atoms with Crippen molar-refractivity contribution in [2.75, 3.05) is 13.7 Å². The standard InChI is InChI=1S/C14H18N2O/c1-17-10-5-6-12-11(7-10)14-9(8-15)3-2-4-13(14)16-12/h5-7,9,16H,2-4,8,15H2,1H3. The van der Waals surface area contributed by atoms with E-state index in [1.807, 2.05) is 6.07 Å². The van der Waals surface area contributed by atoms with Gasteiger partial charge in [-0.2, -0.15) is 0 Å². The minimum atomic E-state index is 0.500. The predicted octanol–water partition coefficient (Wildman–Crippen LogP) is 2.56. The fourth-order valence-corrected chi connectivity index (χ4v) is 2.94. The third-order valence-electron chi connectivity index (χ3n) is 3.80. The van der Waals surface area contributed by atoms with Crippen molar-refractivity contribution >= 4 is 10.9 Å². The molecule has 3 nitrogen and oxygen atoms in total. The average molecular weight is 230 g/mol. The second kappa shape index (κ2) is 4.08. The van der Waals surface area contributed by atoms with Crippen LogP contribution in [-0.4, -0.2) is 18.6 Å². The van der Waals surface area contributed by atoms with Crippen LogP contribution in [0.15, 0.2) is 18.2 Å². The van der Waals surface area contributed by atoms with Gasteiger partial charge in [0.05, 0.1) is 7.11 Å². The number of H-pyrrole nitrogens is 1. The van der Waals surface area contributed by atoms with Crippen molar-refractivity contribution in [1.29, 1.82) is 0 Å². The number of hydrogen-bond acceptors (Lipinski definition) is 2. The molecule has 1 aliphatic rings. The monoisotopic (exact) mass is 230 g/mol. The molecule has 1 heterocycles. The topological polar surface area (TPSA) is 51.0 Å². The maximum atomic E-state index is 5.89. The summed E-state index contributed by atoms with van der Waals surface area (Å²) in [6.07, 6.45) is 3.58. The third kappa shape index (κ3) is 1.62. The Balaban J connectivity index is 2.23. The second-order valence-corrected chi connectivity index (χ2v) is 4.75. The molecule has 17 heavy (non-hydrogen) atoms. The summed E-state index contributed by atoms with van der Waals surface area (Å²) in [5, 5.41) is 1.29. The van der Waals surface area contributed by atoms with E-state index in [9.17, 15) is 0 Å². The second-order valence-electron chi connectivity index (χ2n) is 4.75. The maximum absolute atomic E-state index is 5.89. The third-order valence-corrected chi connectivity index (χ3v) is 3.80. The van der Waals surface area contributed by atoms with E-state index < -0.39 is 0 Å². The quantitative estimate of drug-likeness (QED) is 0.833. The van der Waals surface area contributed by atoms with E-state index in [4.69, 9.17) is 10.5 Å². The first-order valence-corrected chi connectivity index (χ1v) is 6.22. The fourth-order valence-electron chi connectivity index (χ4n) is 2.94. The summed E-state index contributed by atoms with van der Waals surface area (Å²) in [4.78, 5) is 3.52. The molecule has 0 saturated heterocycles. The van der Waals surface area contributed by atoms with Crippen LogP contribution in [0.1, 0.15) is 30.0 Å². The number of aromatic nitrogens is 1. The Bertz CT molecular complexity index is 544. The molecular weight excluding hydrogens is 212 g/mol. The van der Waals surface area contributed by atoms with Crippen molar-refractivity contribution in [3.05, 3.63) is 29.5 Å². The lowest BCUT2D eigenvalue weighted by molar-refractivity contribution is 0.415. The fraction of sp³-hybridized carbons (Fsp3) is 0.429. The Labute approximate surface area is 101 Å². The van der Waals surface area contributed by atoms with Crippen LogP contribution in [0.25, 0.3) is 10.9 Å². The number of aryl methyl sites for hydroxylation is 1. The summed E-state index contributed by atoms with van der Waals surface area (Å²) in [5.41, 5.74) is 9.89. The van der Waals surface area contributed by atoms with Crippen molar-refractivity contribution in [2.24, 2.45) is 5.73 Å². The number of ether oxygens (including phenoxy) is 1. The maximum Gasteiger partial charge on any atom is 0.119 e. The highest BCUT2D eigenvalue weighted by Crippen LogP contribution is 2.37. The molecule has 0 radical (unpaired) electrons. The van der Waals surface area contributed by atoms with Crippen LogP contribution in [-0.2, 0) is 6.42 Å². The van der Waals surface area contributed by atoms with Crippen molar-refractivity contribution < 1.29 is 4.74 Å². The van der Waals surface area contributed by atoms with Gasteiger partial charge in [-0.25, -0.2) is 0 Å². The minimum Gasteiger partial charge on any atom is -0.497 e. The number of methoxy groups -OCH3 is 1. The van der Waals surface area contributed by atoms with Crippen LogP contribution in [0.5, 0.6) is 5.75 Å². The van der Waals surface area contributed by atoms with E-state index in [0.29, 0.717) is 5.92 Å². The van der Waals surface area contributed by atoms with Crippen molar-refractivity contribution in [3.63, 3.8) is 0 Å². The van der Waals surface area contributed by atoms with Gasteiger partial charge >= 0.3 is 0 Å². The highest BCUT2D eigenvalue weighted by atomic mass is 16.5. The average Bonchev–Trinajstić information content (AvgIpc) is 2.75. The van der Waals surface area contributed by atoms with Crippen LogP contribution < -0.4 is 10.5 Å². The predicted molar refractivity (Wildman–Crippen MR) is 69.6 cm³/mol. The molecule has 1 aromatic carbocycles. The zero-order valence-electron chi connectivity index (χ0n) is 10.1. The van der Waals surface area contributed by atoms with Crippen LogP contribution in [0.4, 0.5) is 0 Å². The van der Waals surface area contributed by atoms with Crippen LogP contribution in [0, 0.1) is 0 Å². The molecule has 1 aromatic heterocycles. The molecule has 1 unspecified atom stereocenters. The van der Waals surface area contributed by atoms with Gasteiger partial charge in [0.2, 0.25) is 0 Å². The highest BCUT2D eigenvalue weighted by molar-refractivity contribution is 5.87. The summed E-state index contributed by atoms with van der Waals surface area (Å²) in [5.74, 6) is 1.42. The Morgan fingerprint density at radius 2 is 2.35 bits per heavy atom. The van der Waals surface area contributed by atoms with Crippen molar-refractivity contribution in [3.8, 4) is 5.75 Å². The van der Waals surface area contributed by atoms with Crippen LogP contribution >= 0.6 is 0 Å². The number of fused-ring (bicyclic) bond motifs is 3. The molecule has 0 aliphatic heterocycles. The van der Waals surface area contributed by atoms with Gasteiger partial charge in [-0.15, -0.1) is 0 Å². The number of rotatable bonds is 2. The Morgan fingerprint density at radius 3 is 3.12 bits per heavy atom. The molecule has 2 aromatic rings.